The van der Waals surface area contributed by atoms with Gasteiger partial charge in [0.05, 0.1) is 6.61 Å². The molecule has 0 rings (SSSR count). The van der Waals surface area contributed by atoms with Crippen LogP contribution in [0, 0.1) is 11.3 Å². The highest BCUT2D eigenvalue weighted by molar-refractivity contribution is 5.93. The van der Waals surface area contributed by atoms with Gasteiger partial charge in [0.15, 0.2) is 5.57 Å². The number of ether oxygens (including phenoxy) is 1. The zero-order valence-corrected chi connectivity index (χ0v) is 7.47. The van der Waals surface area contributed by atoms with E-state index < -0.39 is 5.97 Å². The summed E-state index contributed by atoms with van der Waals surface area (Å²) in [6, 6.07) is 1.78. The van der Waals surface area contributed by atoms with Crippen LogP contribution in [-0.2, 0) is 9.53 Å². The van der Waals surface area contributed by atoms with Gasteiger partial charge in [-0.2, -0.15) is 5.26 Å². The molecule has 0 atom stereocenters. The maximum atomic E-state index is 11.0. The van der Waals surface area contributed by atoms with Crippen molar-refractivity contribution in [1.29, 1.82) is 5.26 Å². The van der Waals surface area contributed by atoms with Crippen molar-refractivity contribution in [1.82, 2.24) is 5.32 Å². The molecule has 0 aliphatic rings. The maximum absolute atomic E-state index is 11.0. The molecule has 4 heteroatoms. The van der Waals surface area contributed by atoms with E-state index in [0.717, 1.165) is 0 Å². The summed E-state index contributed by atoms with van der Waals surface area (Å²) in [7, 11) is 1.64. The van der Waals surface area contributed by atoms with Crippen LogP contribution in [0.15, 0.2) is 11.3 Å². The van der Waals surface area contributed by atoms with E-state index >= 15 is 0 Å². The normalized spacial score (nSPS) is 11.2. The molecule has 0 heterocycles. The van der Waals surface area contributed by atoms with Crippen molar-refractivity contribution in [2.75, 3.05) is 13.7 Å². The lowest BCUT2D eigenvalue weighted by Gasteiger charge is -2.03. The maximum Gasteiger partial charge on any atom is 0.350 e. The highest BCUT2D eigenvalue weighted by atomic mass is 16.5. The topological polar surface area (TPSA) is 62.1 Å². The lowest BCUT2D eigenvalue weighted by atomic mass is 10.2. The third-order valence-electron chi connectivity index (χ3n) is 1.34. The molecule has 1 N–H and O–H groups in total. The smallest absolute Gasteiger partial charge is 0.350 e. The quantitative estimate of drug-likeness (QED) is 0.380. The Kier molecular flexibility index (Phi) is 4.54. The van der Waals surface area contributed by atoms with Gasteiger partial charge in [-0.25, -0.2) is 4.79 Å². The van der Waals surface area contributed by atoms with Gasteiger partial charge in [-0.15, -0.1) is 0 Å². The van der Waals surface area contributed by atoms with Crippen LogP contribution in [0.1, 0.15) is 13.8 Å². The predicted octanol–water partition coefficient (Wildman–Crippen LogP) is 0.566. The molecular formula is C8H12N2O2. The van der Waals surface area contributed by atoms with Gasteiger partial charge in [0.25, 0.3) is 0 Å². The molecule has 66 valence electrons. The van der Waals surface area contributed by atoms with E-state index in [4.69, 9.17) is 5.26 Å². The number of carbonyl (C=O) groups is 1. The fourth-order valence-corrected chi connectivity index (χ4v) is 0.611. The molecule has 0 aromatic heterocycles. The SMILES string of the molecule is CCOC(=O)/C(C#N)=C(\C)NC. The van der Waals surface area contributed by atoms with Gasteiger partial charge in [-0.1, -0.05) is 0 Å². The van der Waals surface area contributed by atoms with Crippen LogP contribution in [0.3, 0.4) is 0 Å². The minimum atomic E-state index is -0.577. The zero-order chi connectivity index (χ0) is 9.56. The average Bonchev–Trinajstić information content (AvgIpc) is 2.06. The molecule has 0 aliphatic carbocycles. The highest BCUT2D eigenvalue weighted by Gasteiger charge is 2.12. The summed E-state index contributed by atoms with van der Waals surface area (Å²) >= 11 is 0. The first-order valence-corrected chi connectivity index (χ1v) is 3.63. The molecule has 0 bridgehead atoms. The molecule has 0 saturated heterocycles. The molecule has 4 nitrogen and oxygen atoms in total. The number of carbonyl (C=O) groups excluding carboxylic acids is 1. The first kappa shape index (κ1) is 10.5. The molecule has 0 spiro atoms. The van der Waals surface area contributed by atoms with Crippen molar-refractivity contribution in [3.63, 3.8) is 0 Å². The molecule has 0 aromatic rings. The van der Waals surface area contributed by atoms with Crippen molar-refractivity contribution < 1.29 is 9.53 Å². The number of nitrogens with one attached hydrogen (secondary N) is 1. The van der Waals surface area contributed by atoms with Crippen molar-refractivity contribution in [2.24, 2.45) is 0 Å². The summed E-state index contributed by atoms with van der Waals surface area (Å²) in [4.78, 5) is 11.0. The summed E-state index contributed by atoms with van der Waals surface area (Å²) in [5.41, 5.74) is 0.551. The number of hydrogen-bond acceptors (Lipinski definition) is 4. The standard InChI is InChI=1S/C8H12N2O2/c1-4-12-8(11)7(5-9)6(2)10-3/h10H,4H2,1-3H3/b7-6+. The van der Waals surface area contributed by atoms with E-state index in [-0.39, 0.29) is 12.2 Å². The number of esters is 1. The minimum Gasteiger partial charge on any atom is -0.462 e. The van der Waals surface area contributed by atoms with E-state index in [1.807, 2.05) is 0 Å². The average molecular weight is 168 g/mol. The first-order valence-electron chi connectivity index (χ1n) is 3.63. The van der Waals surface area contributed by atoms with Crippen molar-refractivity contribution in [3.8, 4) is 6.07 Å². The second-order valence-corrected chi connectivity index (χ2v) is 2.08. The largest absolute Gasteiger partial charge is 0.462 e. The van der Waals surface area contributed by atoms with Crippen LogP contribution < -0.4 is 5.32 Å². The highest BCUT2D eigenvalue weighted by Crippen LogP contribution is 2.01. The van der Waals surface area contributed by atoms with Gasteiger partial charge in [-0.05, 0) is 13.8 Å². The van der Waals surface area contributed by atoms with Crippen LogP contribution in [0.5, 0.6) is 0 Å². The van der Waals surface area contributed by atoms with Gasteiger partial charge in [0.2, 0.25) is 0 Å². The first-order chi connectivity index (χ1) is 5.67. The number of hydrogen-bond donors (Lipinski definition) is 1. The lowest BCUT2D eigenvalue weighted by molar-refractivity contribution is -0.138. The summed E-state index contributed by atoms with van der Waals surface area (Å²) in [6.45, 7) is 3.62. The summed E-state index contributed by atoms with van der Waals surface area (Å²) in [5.74, 6) is -0.577. The second-order valence-electron chi connectivity index (χ2n) is 2.08. The van der Waals surface area contributed by atoms with Crippen LogP contribution in [0.25, 0.3) is 0 Å². The van der Waals surface area contributed by atoms with Crippen LogP contribution in [0.4, 0.5) is 0 Å². The lowest BCUT2D eigenvalue weighted by Crippen LogP contribution is -2.14. The molecule has 12 heavy (non-hydrogen) atoms. The van der Waals surface area contributed by atoms with Crippen LogP contribution in [-0.4, -0.2) is 19.6 Å². The Morgan fingerprint density at radius 2 is 2.25 bits per heavy atom. The fraction of sp³-hybridized carbons (Fsp3) is 0.500. The molecular weight excluding hydrogens is 156 g/mol. The van der Waals surface area contributed by atoms with Crippen molar-refractivity contribution in [2.45, 2.75) is 13.8 Å². The van der Waals surface area contributed by atoms with Gasteiger partial charge in [-0.3, -0.25) is 0 Å². The van der Waals surface area contributed by atoms with Gasteiger partial charge in [0.1, 0.15) is 6.07 Å². The third kappa shape index (κ3) is 2.62. The number of allylic oxidation sites excluding steroid dienone is 1. The Bertz CT molecular complexity index is 238. The summed E-state index contributed by atoms with van der Waals surface area (Å²) < 4.78 is 4.66. The van der Waals surface area contributed by atoms with E-state index in [9.17, 15) is 4.79 Å². The molecule has 0 amide bonds. The van der Waals surface area contributed by atoms with Crippen LogP contribution in [0.2, 0.25) is 0 Å². The molecule has 0 aromatic carbocycles. The monoisotopic (exact) mass is 168 g/mol. The van der Waals surface area contributed by atoms with Gasteiger partial charge in [0, 0.05) is 12.7 Å². The molecule has 0 fully saturated rings. The van der Waals surface area contributed by atoms with E-state index in [1.54, 1.807) is 27.0 Å². The minimum absolute atomic E-state index is 0.0272. The Balaban J connectivity index is 4.59. The predicted molar refractivity (Wildman–Crippen MR) is 44.0 cm³/mol. The zero-order valence-electron chi connectivity index (χ0n) is 7.47. The Labute approximate surface area is 71.8 Å². The van der Waals surface area contributed by atoms with Gasteiger partial charge >= 0.3 is 5.97 Å². The number of nitrogens with zero attached hydrogens (tertiary/aromatic N) is 1. The fourth-order valence-electron chi connectivity index (χ4n) is 0.611. The summed E-state index contributed by atoms with van der Waals surface area (Å²) in [5, 5.41) is 11.3. The number of nitriles is 1. The Morgan fingerprint density at radius 3 is 2.58 bits per heavy atom. The number of rotatable bonds is 3. The molecule has 0 radical (unpaired) electrons. The molecule has 0 saturated carbocycles. The van der Waals surface area contributed by atoms with E-state index in [1.165, 1.54) is 0 Å². The van der Waals surface area contributed by atoms with E-state index in [0.29, 0.717) is 5.70 Å². The van der Waals surface area contributed by atoms with Crippen molar-refractivity contribution >= 4 is 5.97 Å². The second kappa shape index (κ2) is 5.19. The Hall–Kier alpha value is -1.50. The van der Waals surface area contributed by atoms with E-state index in [2.05, 4.69) is 10.1 Å². The van der Waals surface area contributed by atoms with Crippen LogP contribution >= 0.6 is 0 Å². The molecule has 0 unspecified atom stereocenters. The summed E-state index contributed by atoms with van der Waals surface area (Å²) in [6.07, 6.45) is 0. The Morgan fingerprint density at radius 1 is 1.67 bits per heavy atom. The van der Waals surface area contributed by atoms with Gasteiger partial charge < -0.3 is 10.1 Å². The molecule has 0 aliphatic heterocycles. The third-order valence-corrected chi connectivity index (χ3v) is 1.34. The van der Waals surface area contributed by atoms with Crippen molar-refractivity contribution in [3.05, 3.63) is 11.3 Å².